The standard InChI is InChI=1S/C8H12ClN5O3S/c1-13(4-12-14(15)16)6-17-5-10-2-7-3-11-8(9)18-7/h3-4,10H,2,5-6H2,1H3/b12-4+. The van der Waals surface area contributed by atoms with Crippen molar-refractivity contribution >= 4 is 29.3 Å². The zero-order valence-electron chi connectivity index (χ0n) is 9.58. The molecule has 1 N–H and O–H groups in total. The van der Waals surface area contributed by atoms with Crippen molar-refractivity contribution in [3.05, 3.63) is 25.7 Å². The molecule has 0 bridgehead atoms. The van der Waals surface area contributed by atoms with Crippen molar-refractivity contribution in [3.8, 4) is 0 Å². The van der Waals surface area contributed by atoms with E-state index in [-0.39, 0.29) is 6.73 Å². The van der Waals surface area contributed by atoms with Crippen LogP contribution in [0.1, 0.15) is 4.88 Å². The summed E-state index contributed by atoms with van der Waals surface area (Å²) in [6.07, 6.45) is 2.78. The van der Waals surface area contributed by atoms with Gasteiger partial charge in [0.15, 0.2) is 15.8 Å². The lowest BCUT2D eigenvalue weighted by molar-refractivity contribution is -0.484. The van der Waals surface area contributed by atoms with Crippen LogP contribution in [-0.4, -0.2) is 41.8 Å². The molecule has 8 nitrogen and oxygen atoms in total. The Kier molecular flexibility index (Phi) is 6.50. The Labute approximate surface area is 112 Å². The number of hydrazone groups is 1. The van der Waals surface area contributed by atoms with Gasteiger partial charge >= 0.3 is 0 Å². The number of nitrogens with zero attached hydrogens (tertiary/aromatic N) is 4. The highest BCUT2D eigenvalue weighted by Gasteiger charge is 1.99. The zero-order valence-corrected chi connectivity index (χ0v) is 11.1. The highest BCUT2D eigenvalue weighted by Crippen LogP contribution is 2.16. The Balaban J connectivity index is 2.06. The van der Waals surface area contributed by atoms with E-state index in [0.717, 1.165) is 11.2 Å². The first-order valence-corrected chi connectivity index (χ1v) is 6.05. The van der Waals surface area contributed by atoms with Gasteiger partial charge in [-0.25, -0.2) is 15.1 Å². The summed E-state index contributed by atoms with van der Waals surface area (Å²) in [6.45, 7) is 1.12. The molecule has 1 aromatic heterocycles. The van der Waals surface area contributed by atoms with E-state index >= 15 is 0 Å². The van der Waals surface area contributed by atoms with Crippen LogP contribution in [0.15, 0.2) is 11.3 Å². The minimum atomic E-state index is -0.776. The second-order valence-corrected chi connectivity index (χ2v) is 4.91. The molecule has 0 spiro atoms. The first kappa shape index (κ1) is 14.8. The molecule has 1 heterocycles. The Hall–Kier alpha value is -1.29. The summed E-state index contributed by atoms with van der Waals surface area (Å²) in [5, 5.41) is 15.2. The fourth-order valence-electron chi connectivity index (χ4n) is 0.965. The lowest BCUT2D eigenvalue weighted by Crippen LogP contribution is -2.25. The van der Waals surface area contributed by atoms with E-state index in [9.17, 15) is 10.1 Å². The molecule has 18 heavy (non-hydrogen) atoms. The van der Waals surface area contributed by atoms with Gasteiger partial charge < -0.3 is 9.64 Å². The van der Waals surface area contributed by atoms with Crippen LogP contribution < -0.4 is 5.32 Å². The Morgan fingerprint density at radius 1 is 1.83 bits per heavy atom. The Morgan fingerprint density at radius 2 is 2.61 bits per heavy atom. The highest BCUT2D eigenvalue weighted by molar-refractivity contribution is 7.15. The molecule has 0 radical (unpaired) electrons. The fraction of sp³-hybridized carbons (Fsp3) is 0.500. The molecule has 1 rings (SSSR count). The second-order valence-electron chi connectivity index (χ2n) is 3.21. The maximum absolute atomic E-state index is 9.95. The molecule has 10 heteroatoms. The second kappa shape index (κ2) is 7.93. The number of halogens is 1. The van der Waals surface area contributed by atoms with Crippen LogP contribution >= 0.6 is 22.9 Å². The van der Waals surface area contributed by atoms with E-state index in [1.807, 2.05) is 0 Å². The molecule has 100 valence electrons. The number of hydrogen-bond acceptors (Lipinski definition) is 6. The molecule has 0 aliphatic rings. The average Bonchev–Trinajstić information content (AvgIpc) is 2.72. The van der Waals surface area contributed by atoms with Crippen LogP contribution in [0.4, 0.5) is 0 Å². The SMILES string of the molecule is CN(/C=N/[N+](=O)[O-])COCNCc1cnc(Cl)s1. The van der Waals surface area contributed by atoms with Crippen LogP contribution in [0, 0.1) is 10.1 Å². The van der Waals surface area contributed by atoms with Gasteiger partial charge in [0.2, 0.25) is 0 Å². The third kappa shape index (κ3) is 6.45. The Bertz CT molecular complexity index is 413. The molecule has 0 unspecified atom stereocenters. The summed E-state index contributed by atoms with van der Waals surface area (Å²) in [4.78, 5) is 16.3. The minimum absolute atomic E-state index is 0.202. The maximum Gasteiger partial charge on any atom is 0.192 e. The summed E-state index contributed by atoms with van der Waals surface area (Å²) in [5.74, 6) is 0. The summed E-state index contributed by atoms with van der Waals surface area (Å²) < 4.78 is 5.71. The fourth-order valence-corrected chi connectivity index (χ4v) is 1.91. The third-order valence-electron chi connectivity index (χ3n) is 1.67. The molecule has 0 fully saturated rings. The summed E-state index contributed by atoms with van der Waals surface area (Å²) in [7, 11) is 1.62. The highest BCUT2D eigenvalue weighted by atomic mass is 35.5. The summed E-state index contributed by atoms with van der Waals surface area (Å²) >= 11 is 7.07. The van der Waals surface area contributed by atoms with E-state index in [2.05, 4.69) is 15.4 Å². The van der Waals surface area contributed by atoms with Crippen LogP contribution in [0.25, 0.3) is 0 Å². The van der Waals surface area contributed by atoms with Crippen molar-refractivity contribution in [1.29, 1.82) is 0 Å². The molecule has 0 aliphatic carbocycles. The molecule has 0 atom stereocenters. The van der Waals surface area contributed by atoms with Gasteiger partial charge in [0.25, 0.3) is 0 Å². The predicted molar refractivity (Wildman–Crippen MR) is 68.0 cm³/mol. The number of rotatable bonds is 8. The van der Waals surface area contributed by atoms with Crippen molar-refractivity contribution < 1.29 is 9.77 Å². The lowest BCUT2D eigenvalue weighted by Gasteiger charge is -2.11. The van der Waals surface area contributed by atoms with Gasteiger partial charge in [-0.15, -0.1) is 11.3 Å². The monoisotopic (exact) mass is 293 g/mol. The quantitative estimate of drug-likeness (QED) is 0.192. The van der Waals surface area contributed by atoms with Gasteiger partial charge in [0.05, 0.1) is 11.8 Å². The largest absolute Gasteiger partial charge is 0.346 e. The van der Waals surface area contributed by atoms with Crippen molar-refractivity contribution in [3.63, 3.8) is 0 Å². The van der Waals surface area contributed by atoms with Gasteiger partial charge in [-0.3, -0.25) is 5.32 Å². The summed E-state index contributed by atoms with van der Waals surface area (Å²) in [5.41, 5.74) is 0. The third-order valence-corrected chi connectivity index (χ3v) is 2.78. The molecule has 0 saturated heterocycles. The number of nitro groups is 1. The zero-order chi connectivity index (χ0) is 13.4. The number of aromatic nitrogens is 1. The van der Waals surface area contributed by atoms with Crippen LogP contribution in [-0.2, 0) is 11.3 Å². The van der Waals surface area contributed by atoms with E-state index in [4.69, 9.17) is 16.3 Å². The van der Waals surface area contributed by atoms with Crippen LogP contribution in [0.5, 0.6) is 0 Å². The minimum Gasteiger partial charge on any atom is -0.346 e. The normalized spacial score (nSPS) is 11.0. The molecule has 0 aromatic carbocycles. The van der Waals surface area contributed by atoms with Crippen molar-refractivity contribution in [2.24, 2.45) is 5.10 Å². The topological polar surface area (TPSA) is 92.9 Å². The Morgan fingerprint density at radius 3 is 3.22 bits per heavy atom. The van der Waals surface area contributed by atoms with Crippen molar-refractivity contribution in [2.75, 3.05) is 20.5 Å². The van der Waals surface area contributed by atoms with Crippen LogP contribution in [0.3, 0.4) is 0 Å². The first-order valence-electron chi connectivity index (χ1n) is 4.85. The maximum atomic E-state index is 9.95. The summed E-state index contributed by atoms with van der Waals surface area (Å²) in [6, 6.07) is 0. The predicted octanol–water partition coefficient (Wildman–Crippen LogP) is 0.970. The molecular formula is C8H12ClN5O3S. The van der Waals surface area contributed by atoms with Gasteiger partial charge in [-0.2, -0.15) is 0 Å². The van der Waals surface area contributed by atoms with E-state index in [1.54, 1.807) is 13.2 Å². The average molecular weight is 294 g/mol. The van der Waals surface area contributed by atoms with Crippen LogP contribution in [0.2, 0.25) is 4.47 Å². The number of hydrogen-bond donors (Lipinski definition) is 1. The smallest absolute Gasteiger partial charge is 0.192 e. The van der Waals surface area contributed by atoms with Gasteiger partial charge in [0, 0.05) is 24.7 Å². The van der Waals surface area contributed by atoms with Gasteiger partial charge in [0.1, 0.15) is 6.73 Å². The van der Waals surface area contributed by atoms with Crippen molar-refractivity contribution in [1.82, 2.24) is 15.2 Å². The number of thiazole rings is 1. The van der Waals surface area contributed by atoms with Gasteiger partial charge in [-0.1, -0.05) is 11.6 Å². The molecule has 0 aliphatic heterocycles. The lowest BCUT2D eigenvalue weighted by atomic mass is 10.5. The molecule has 0 saturated carbocycles. The number of nitrogens with one attached hydrogen (secondary N) is 1. The first-order chi connectivity index (χ1) is 8.58. The molecular weight excluding hydrogens is 282 g/mol. The molecule has 1 aromatic rings. The van der Waals surface area contributed by atoms with E-state index in [0.29, 0.717) is 17.7 Å². The van der Waals surface area contributed by atoms with E-state index in [1.165, 1.54) is 16.2 Å². The molecule has 0 amide bonds. The van der Waals surface area contributed by atoms with E-state index < -0.39 is 5.03 Å². The van der Waals surface area contributed by atoms with Crippen molar-refractivity contribution in [2.45, 2.75) is 6.54 Å². The van der Waals surface area contributed by atoms with Gasteiger partial charge in [-0.05, 0) is 0 Å². The number of ether oxygens (including phenoxy) is 1.